The van der Waals surface area contributed by atoms with Gasteiger partial charge in [-0.3, -0.25) is 0 Å². The average molecular weight is 333 g/mol. The summed E-state index contributed by atoms with van der Waals surface area (Å²) >= 11 is 2.25. The van der Waals surface area contributed by atoms with Gasteiger partial charge in [-0.25, -0.2) is 4.79 Å². The summed E-state index contributed by atoms with van der Waals surface area (Å²) in [5, 5.41) is 0. The SMILES string of the molecule is CCN(CCI)C(=O)OCc1ccccc1. The Balaban J connectivity index is 2.40. The Bertz CT molecular complexity index is 316. The molecule has 0 unspecified atom stereocenters. The number of ether oxygens (including phenoxy) is 1. The number of rotatable bonds is 5. The van der Waals surface area contributed by atoms with Gasteiger partial charge in [0.1, 0.15) is 6.61 Å². The Kier molecular flexibility index (Phi) is 6.22. The van der Waals surface area contributed by atoms with Gasteiger partial charge in [0, 0.05) is 17.5 Å². The highest BCUT2D eigenvalue weighted by Crippen LogP contribution is 2.03. The second kappa shape index (κ2) is 7.49. The lowest BCUT2D eigenvalue weighted by Gasteiger charge is -2.19. The molecule has 0 atom stereocenters. The zero-order chi connectivity index (χ0) is 11.8. The fourth-order valence-electron chi connectivity index (χ4n) is 1.29. The van der Waals surface area contributed by atoms with Crippen LogP contribution in [0.25, 0.3) is 0 Å². The molecule has 1 amide bonds. The Morgan fingerprint density at radius 3 is 2.62 bits per heavy atom. The number of carbonyl (C=O) groups is 1. The molecule has 0 saturated heterocycles. The molecule has 0 radical (unpaired) electrons. The van der Waals surface area contributed by atoms with E-state index >= 15 is 0 Å². The van der Waals surface area contributed by atoms with Gasteiger partial charge in [0.25, 0.3) is 0 Å². The topological polar surface area (TPSA) is 29.5 Å². The Labute approximate surface area is 110 Å². The minimum atomic E-state index is -0.233. The number of benzene rings is 1. The van der Waals surface area contributed by atoms with Gasteiger partial charge in [0.05, 0.1) is 0 Å². The van der Waals surface area contributed by atoms with Gasteiger partial charge in [-0.15, -0.1) is 0 Å². The van der Waals surface area contributed by atoms with E-state index in [4.69, 9.17) is 4.74 Å². The third-order valence-electron chi connectivity index (χ3n) is 2.20. The fraction of sp³-hybridized carbons (Fsp3) is 0.417. The van der Waals surface area contributed by atoms with Crippen molar-refractivity contribution in [2.75, 3.05) is 17.5 Å². The monoisotopic (exact) mass is 333 g/mol. The van der Waals surface area contributed by atoms with Crippen LogP contribution in [0.15, 0.2) is 30.3 Å². The molecule has 0 N–H and O–H groups in total. The molecule has 88 valence electrons. The molecular weight excluding hydrogens is 317 g/mol. The molecule has 0 saturated carbocycles. The molecule has 0 aliphatic rings. The summed E-state index contributed by atoms with van der Waals surface area (Å²) in [5.74, 6) is 0. The van der Waals surface area contributed by atoms with Gasteiger partial charge >= 0.3 is 6.09 Å². The summed E-state index contributed by atoms with van der Waals surface area (Å²) in [6.45, 7) is 3.73. The number of alkyl halides is 1. The van der Waals surface area contributed by atoms with E-state index in [1.807, 2.05) is 37.3 Å². The molecule has 4 heteroatoms. The first-order valence-corrected chi connectivity index (χ1v) is 6.82. The Hall–Kier alpha value is -0.780. The smallest absolute Gasteiger partial charge is 0.410 e. The molecule has 1 rings (SSSR count). The van der Waals surface area contributed by atoms with Crippen LogP contribution in [-0.4, -0.2) is 28.5 Å². The van der Waals surface area contributed by atoms with Gasteiger partial charge in [0.15, 0.2) is 0 Å². The van der Waals surface area contributed by atoms with E-state index in [9.17, 15) is 4.79 Å². The minimum Gasteiger partial charge on any atom is -0.445 e. The van der Waals surface area contributed by atoms with Crippen molar-refractivity contribution >= 4 is 28.7 Å². The lowest BCUT2D eigenvalue weighted by atomic mass is 10.2. The number of carbonyl (C=O) groups excluding carboxylic acids is 1. The summed E-state index contributed by atoms with van der Waals surface area (Å²) < 4.78 is 6.14. The highest BCUT2D eigenvalue weighted by Gasteiger charge is 2.11. The third-order valence-corrected chi connectivity index (χ3v) is 2.68. The van der Waals surface area contributed by atoms with Gasteiger partial charge < -0.3 is 9.64 Å². The van der Waals surface area contributed by atoms with Crippen LogP contribution in [0.4, 0.5) is 4.79 Å². The fourth-order valence-corrected chi connectivity index (χ4v) is 1.87. The average Bonchev–Trinajstić information content (AvgIpc) is 2.34. The number of hydrogen-bond acceptors (Lipinski definition) is 2. The number of nitrogens with zero attached hydrogens (tertiary/aromatic N) is 1. The first-order valence-electron chi connectivity index (χ1n) is 5.29. The molecule has 0 aromatic heterocycles. The highest BCUT2D eigenvalue weighted by molar-refractivity contribution is 14.1. The second-order valence-electron chi connectivity index (χ2n) is 3.31. The zero-order valence-electron chi connectivity index (χ0n) is 9.36. The maximum atomic E-state index is 11.6. The van der Waals surface area contributed by atoms with Crippen molar-refractivity contribution in [3.8, 4) is 0 Å². The highest BCUT2D eigenvalue weighted by atomic mass is 127. The summed E-state index contributed by atoms with van der Waals surface area (Å²) in [6.07, 6.45) is -0.233. The van der Waals surface area contributed by atoms with Crippen molar-refractivity contribution in [1.82, 2.24) is 4.90 Å². The Morgan fingerprint density at radius 2 is 2.06 bits per heavy atom. The maximum absolute atomic E-state index is 11.6. The van der Waals surface area contributed by atoms with Gasteiger partial charge in [-0.1, -0.05) is 52.9 Å². The van der Waals surface area contributed by atoms with E-state index < -0.39 is 0 Å². The van der Waals surface area contributed by atoms with Crippen molar-refractivity contribution in [3.05, 3.63) is 35.9 Å². The van der Waals surface area contributed by atoms with E-state index in [1.54, 1.807) is 4.90 Å². The maximum Gasteiger partial charge on any atom is 0.410 e. The van der Waals surface area contributed by atoms with Crippen LogP contribution in [0.1, 0.15) is 12.5 Å². The first kappa shape index (κ1) is 13.3. The van der Waals surface area contributed by atoms with Gasteiger partial charge in [-0.2, -0.15) is 0 Å². The molecule has 0 aliphatic carbocycles. The van der Waals surface area contributed by atoms with Crippen molar-refractivity contribution < 1.29 is 9.53 Å². The van der Waals surface area contributed by atoms with E-state index in [0.29, 0.717) is 13.2 Å². The molecule has 0 spiro atoms. The molecular formula is C12H16INO2. The zero-order valence-corrected chi connectivity index (χ0v) is 11.5. The summed E-state index contributed by atoms with van der Waals surface area (Å²) in [4.78, 5) is 13.3. The molecule has 16 heavy (non-hydrogen) atoms. The van der Waals surface area contributed by atoms with Crippen LogP contribution in [-0.2, 0) is 11.3 Å². The van der Waals surface area contributed by atoms with Gasteiger partial charge in [0.2, 0.25) is 0 Å². The predicted octanol–water partition coefficient (Wildman–Crippen LogP) is 3.08. The van der Waals surface area contributed by atoms with E-state index in [-0.39, 0.29) is 6.09 Å². The predicted molar refractivity (Wildman–Crippen MR) is 72.8 cm³/mol. The van der Waals surface area contributed by atoms with E-state index in [0.717, 1.165) is 16.5 Å². The molecule has 1 aromatic rings. The van der Waals surface area contributed by atoms with Crippen LogP contribution in [0.2, 0.25) is 0 Å². The normalized spacial score (nSPS) is 9.88. The molecule has 0 aliphatic heterocycles. The molecule has 0 fully saturated rings. The lowest BCUT2D eigenvalue weighted by Crippen LogP contribution is -2.32. The van der Waals surface area contributed by atoms with E-state index in [2.05, 4.69) is 22.6 Å². The largest absolute Gasteiger partial charge is 0.445 e. The molecule has 0 heterocycles. The molecule has 1 aromatic carbocycles. The first-order chi connectivity index (χ1) is 7.77. The van der Waals surface area contributed by atoms with Crippen LogP contribution in [0.3, 0.4) is 0 Å². The van der Waals surface area contributed by atoms with Crippen LogP contribution >= 0.6 is 22.6 Å². The van der Waals surface area contributed by atoms with Crippen molar-refractivity contribution in [2.24, 2.45) is 0 Å². The van der Waals surface area contributed by atoms with Crippen molar-refractivity contribution in [3.63, 3.8) is 0 Å². The molecule has 3 nitrogen and oxygen atoms in total. The van der Waals surface area contributed by atoms with Crippen molar-refractivity contribution in [1.29, 1.82) is 0 Å². The number of halogens is 1. The summed E-state index contributed by atoms with van der Waals surface area (Å²) in [6, 6.07) is 9.71. The quantitative estimate of drug-likeness (QED) is 0.612. The number of hydrogen-bond donors (Lipinski definition) is 0. The van der Waals surface area contributed by atoms with Crippen LogP contribution in [0, 0.1) is 0 Å². The van der Waals surface area contributed by atoms with Crippen LogP contribution in [0.5, 0.6) is 0 Å². The van der Waals surface area contributed by atoms with Crippen molar-refractivity contribution in [2.45, 2.75) is 13.5 Å². The van der Waals surface area contributed by atoms with Crippen LogP contribution < -0.4 is 0 Å². The Morgan fingerprint density at radius 1 is 1.38 bits per heavy atom. The summed E-state index contributed by atoms with van der Waals surface area (Å²) in [7, 11) is 0. The lowest BCUT2D eigenvalue weighted by molar-refractivity contribution is 0.100. The third kappa shape index (κ3) is 4.38. The molecule has 0 bridgehead atoms. The van der Waals surface area contributed by atoms with E-state index in [1.165, 1.54) is 0 Å². The number of amides is 1. The standard InChI is InChI=1S/C12H16INO2/c1-2-14(9-8-13)12(15)16-10-11-6-4-3-5-7-11/h3-7H,2,8-10H2,1H3. The minimum absolute atomic E-state index is 0.233. The summed E-state index contributed by atoms with van der Waals surface area (Å²) in [5.41, 5.74) is 1.02. The second-order valence-corrected chi connectivity index (χ2v) is 4.39. The van der Waals surface area contributed by atoms with Gasteiger partial charge in [-0.05, 0) is 12.5 Å².